The van der Waals surface area contributed by atoms with E-state index in [9.17, 15) is 5.11 Å². The van der Waals surface area contributed by atoms with Crippen molar-refractivity contribution >= 4 is 5.95 Å². The standard InChI is InChI=1S/C16H25N3O/c1-19(11-16(12-20)8-4-9-16)15-17-10-7-14(18-15)13-5-2-3-6-13/h7,10,13,20H,2-6,8-9,11-12H2,1H3. The first-order valence-corrected chi connectivity index (χ1v) is 7.87. The summed E-state index contributed by atoms with van der Waals surface area (Å²) in [5.41, 5.74) is 1.28. The Balaban J connectivity index is 1.71. The highest BCUT2D eigenvalue weighted by Crippen LogP contribution is 2.41. The summed E-state index contributed by atoms with van der Waals surface area (Å²) in [6.07, 6.45) is 10.5. The van der Waals surface area contributed by atoms with Crippen LogP contribution in [0.25, 0.3) is 0 Å². The van der Waals surface area contributed by atoms with Crippen LogP contribution in [0.15, 0.2) is 12.3 Å². The van der Waals surface area contributed by atoms with Crippen LogP contribution < -0.4 is 4.90 Å². The molecular formula is C16H25N3O. The van der Waals surface area contributed by atoms with Gasteiger partial charge in [-0.15, -0.1) is 0 Å². The first-order valence-electron chi connectivity index (χ1n) is 7.87. The van der Waals surface area contributed by atoms with Gasteiger partial charge in [-0.05, 0) is 31.7 Å². The van der Waals surface area contributed by atoms with Gasteiger partial charge in [0.1, 0.15) is 0 Å². The van der Waals surface area contributed by atoms with Crippen LogP contribution in [0, 0.1) is 5.41 Å². The zero-order valence-electron chi connectivity index (χ0n) is 12.4. The first-order chi connectivity index (χ1) is 9.72. The molecule has 0 spiro atoms. The monoisotopic (exact) mass is 275 g/mol. The summed E-state index contributed by atoms with van der Waals surface area (Å²) in [5.74, 6) is 1.44. The molecule has 0 aromatic carbocycles. The summed E-state index contributed by atoms with van der Waals surface area (Å²) >= 11 is 0. The Labute approximate surface area is 121 Å². The van der Waals surface area contributed by atoms with Gasteiger partial charge < -0.3 is 10.0 Å². The van der Waals surface area contributed by atoms with Gasteiger partial charge >= 0.3 is 0 Å². The van der Waals surface area contributed by atoms with Crippen molar-refractivity contribution in [1.82, 2.24) is 9.97 Å². The topological polar surface area (TPSA) is 49.2 Å². The van der Waals surface area contributed by atoms with E-state index in [2.05, 4.69) is 16.0 Å². The van der Waals surface area contributed by atoms with E-state index >= 15 is 0 Å². The number of nitrogens with zero attached hydrogens (tertiary/aromatic N) is 3. The van der Waals surface area contributed by atoms with Crippen LogP contribution in [-0.2, 0) is 0 Å². The van der Waals surface area contributed by atoms with Crippen molar-refractivity contribution < 1.29 is 5.11 Å². The third-order valence-corrected chi connectivity index (χ3v) is 5.10. The lowest BCUT2D eigenvalue weighted by atomic mass is 9.69. The molecule has 2 saturated carbocycles. The Kier molecular flexibility index (Phi) is 3.92. The minimum absolute atomic E-state index is 0.0848. The summed E-state index contributed by atoms with van der Waals surface area (Å²) in [5, 5.41) is 9.59. The average Bonchev–Trinajstić information content (AvgIpc) is 2.97. The van der Waals surface area contributed by atoms with E-state index < -0.39 is 0 Å². The van der Waals surface area contributed by atoms with Gasteiger partial charge in [0.25, 0.3) is 0 Å². The van der Waals surface area contributed by atoms with Gasteiger partial charge in [0.2, 0.25) is 5.95 Å². The van der Waals surface area contributed by atoms with Crippen molar-refractivity contribution in [3.05, 3.63) is 18.0 Å². The maximum absolute atomic E-state index is 9.59. The van der Waals surface area contributed by atoms with Crippen molar-refractivity contribution in [1.29, 1.82) is 0 Å². The molecule has 0 aliphatic heterocycles. The predicted octanol–water partition coefficient (Wildman–Crippen LogP) is 2.73. The highest BCUT2D eigenvalue weighted by atomic mass is 16.3. The largest absolute Gasteiger partial charge is 0.396 e. The fourth-order valence-electron chi connectivity index (χ4n) is 3.61. The molecule has 1 N–H and O–H groups in total. The van der Waals surface area contributed by atoms with Gasteiger partial charge in [-0.2, -0.15) is 0 Å². The lowest BCUT2D eigenvalue weighted by Gasteiger charge is -2.42. The lowest BCUT2D eigenvalue weighted by Crippen LogP contribution is -2.44. The van der Waals surface area contributed by atoms with E-state index in [1.165, 1.54) is 37.8 Å². The maximum Gasteiger partial charge on any atom is 0.225 e. The minimum Gasteiger partial charge on any atom is -0.396 e. The lowest BCUT2D eigenvalue weighted by molar-refractivity contribution is 0.0521. The highest BCUT2D eigenvalue weighted by molar-refractivity contribution is 5.31. The molecule has 1 heterocycles. The molecule has 20 heavy (non-hydrogen) atoms. The van der Waals surface area contributed by atoms with Crippen molar-refractivity contribution in [2.75, 3.05) is 25.1 Å². The number of hydrogen-bond donors (Lipinski definition) is 1. The Hall–Kier alpha value is -1.16. The Morgan fingerprint density at radius 2 is 2.05 bits per heavy atom. The predicted molar refractivity (Wildman–Crippen MR) is 79.9 cm³/mol. The molecule has 0 atom stereocenters. The first kappa shape index (κ1) is 13.8. The normalized spacial score (nSPS) is 21.7. The third kappa shape index (κ3) is 2.66. The molecule has 2 aliphatic carbocycles. The molecular weight excluding hydrogens is 250 g/mol. The van der Waals surface area contributed by atoms with Crippen molar-refractivity contribution in [2.24, 2.45) is 5.41 Å². The molecule has 0 saturated heterocycles. The van der Waals surface area contributed by atoms with E-state index in [0.29, 0.717) is 5.92 Å². The smallest absolute Gasteiger partial charge is 0.225 e. The van der Waals surface area contributed by atoms with Gasteiger partial charge in [0.05, 0.1) is 6.61 Å². The fraction of sp³-hybridized carbons (Fsp3) is 0.750. The van der Waals surface area contributed by atoms with Crippen LogP contribution >= 0.6 is 0 Å². The SMILES string of the molecule is CN(CC1(CO)CCC1)c1nccc(C2CCCC2)n1. The number of rotatable bonds is 5. The summed E-state index contributed by atoms with van der Waals surface area (Å²) < 4.78 is 0. The number of hydrogen-bond acceptors (Lipinski definition) is 4. The Morgan fingerprint density at radius 1 is 1.30 bits per heavy atom. The molecule has 0 bridgehead atoms. The molecule has 110 valence electrons. The van der Waals surface area contributed by atoms with Crippen LogP contribution in [-0.4, -0.2) is 35.3 Å². The van der Waals surface area contributed by atoms with Crippen LogP contribution in [0.4, 0.5) is 5.95 Å². The van der Waals surface area contributed by atoms with Gasteiger partial charge in [-0.1, -0.05) is 19.3 Å². The Morgan fingerprint density at radius 3 is 2.65 bits per heavy atom. The average molecular weight is 275 g/mol. The van der Waals surface area contributed by atoms with E-state index in [-0.39, 0.29) is 12.0 Å². The van der Waals surface area contributed by atoms with E-state index in [1.807, 2.05) is 13.2 Å². The van der Waals surface area contributed by atoms with Crippen molar-refractivity contribution in [2.45, 2.75) is 50.9 Å². The quantitative estimate of drug-likeness (QED) is 0.897. The number of aliphatic hydroxyl groups is 1. The van der Waals surface area contributed by atoms with Crippen molar-refractivity contribution in [3.63, 3.8) is 0 Å². The highest BCUT2D eigenvalue weighted by Gasteiger charge is 2.37. The van der Waals surface area contributed by atoms with Crippen molar-refractivity contribution in [3.8, 4) is 0 Å². The van der Waals surface area contributed by atoms with E-state index in [0.717, 1.165) is 25.3 Å². The molecule has 1 aromatic rings. The van der Waals surface area contributed by atoms with Gasteiger partial charge in [0.15, 0.2) is 0 Å². The number of anilines is 1. The molecule has 4 nitrogen and oxygen atoms in total. The second kappa shape index (κ2) is 5.68. The van der Waals surface area contributed by atoms with Gasteiger partial charge in [0, 0.05) is 36.8 Å². The molecule has 3 rings (SSSR count). The summed E-state index contributed by atoms with van der Waals surface area (Å²) in [6.45, 7) is 1.14. The van der Waals surface area contributed by atoms with Crippen LogP contribution in [0.3, 0.4) is 0 Å². The summed E-state index contributed by atoms with van der Waals surface area (Å²) in [6, 6.07) is 2.07. The maximum atomic E-state index is 9.59. The van der Waals surface area contributed by atoms with Gasteiger partial charge in [-0.3, -0.25) is 0 Å². The van der Waals surface area contributed by atoms with Crippen LogP contribution in [0.2, 0.25) is 0 Å². The number of aromatic nitrogens is 2. The second-order valence-corrected chi connectivity index (χ2v) is 6.63. The van der Waals surface area contributed by atoms with E-state index in [4.69, 9.17) is 4.98 Å². The molecule has 1 aromatic heterocycles. The zero-order chi connectivity index (χ0) is 14.0. The zero-order valence-corrected chi connectivity index (χ0v) is 12.4. The van der Waals surface area contributed by atoms with Crippen LogP contribution in [0.5, 0.6) is 0 Å². The fourth-order valence-corrected chi connectivity index (χ4v) is 3.61. The molecule has 0 radical (unpaired) electrons. The number of aliphatic hydroxyl groups excluding tert-OH is 1. The molecule has 0 unspecified atom stereocenters. The molecule has 0 amide bonds. The third-order valence-electron chi connectivity index (χ3n) is 5.10. The second-order valence-electron chi connectivity index (χ2n) is 6.63. The van der Waals surface area contributed by atoms with E-state index in [1.54, 1.807) is 0 Å². The summed E-state index contributed by atoms with van der Waals surface area (Å²) in [4.78, 5) is 11.3. The molecule has 2 aliphatic rings. The minimum atomic E-state index is 0.0848. The van der Waals surface area contributed by atoms with Crippen LogP contribution in [0.1, 0.15) is 56.6 Å². The van der Waals surface area contributed by atoms with Gasteiger partial charge in [-0.25, -0.2) is 9.97 Å². The molecule has 4 heteroatoms. The summed E-state index contributed by atoms with van der Waals surface area (Å²) in [7, 11) is 2.05. The Bertz CT molecular complexity index is 447. The molecule has 2 fully saturated rings.